The molecule has 7 nitrogen and oxygen atoms in total. The van der Waals surface area contributed by atoms with Crippen LogP contribution in [0.15, 0.2) is 52.1 Å². The highest BCUT2D eigenvalue weighted by Gasteiger charge is 2.21. The molecule has 2 aromatic carbocycles. The zero-order valence-corrected chi connectivity index (χ0v) is 16.6. The highest BCUT2D eigenvalue weighted by atomic mass is 16.5. The van der Waals surface area contributed by atoms with Crippen molar-refractivity contribution in [2.24, 2.45) is 0 Å². The van der Waals surface area contributed by atoms with E-state index in [9.17, 15) is 14.4 Å². The quantitative estimate of drug-likeness (QED) is 0.680. The minimum absolute atomic E-state index is 0.0885. The Kier molecular flexibility index (Phi) is 4.96. The lowest BCUT2D eigenvalue weighted by atomic mass is 10.1. The Morgan fingerprint density at radius 2 is 1.72 bits per heavy atom. The normalized spacial score (nSPS) is 13.8. The molecule has 1 saturated heterocycles. The first-order valence-electron chi connectivity index (χ1n) is 9.68. The molecule has 0 N–H and O–H groups in total. The summed E-state index contributed by atoms with van der Waals surface area (Å²) in [5.41, 5.74) is 0.897. The van der Waals surface area contributed by atoms with Crippen molar-refractivity contribution in [1.82, 2.24) is 14.0 Å². The van der Waals surface area contributed by atoms with Gasteiger partial charge in [0.05, 0.1) is 23.7 Å². The molecule has 1 amide bonds. The van der Waals surface area contributed by atoms with Gasteiger partial charge in [0.15, 0.2) is 0 Å². The van der Waals surface area contributed by atoms with Crippen LogP contribution in [0.4, 0.5) is 0 Å². The molecule has 0 bridgehead atoms. The van der Waals surface area contributed by atoms with Crippen molar-refractivity contribution in [3.05, 3.63) is 68.9 Å². The molecule has 7 heteroatoms. The molecular weight excluding hydrogens is 370 g/mol. The summed E-state index contributed by atoms with van der Waals surface area (Å²) in [6, 6.07) is 12.1. The number of methoxy groups -OCH3 is 1. The first-order valence-corrected chi connectivity index (χ1v) is 9.68. The van der Waals surface area contributed by atoms with Crippen molar-refractivity contribution in [3.63, 3.8) is 0 Å². The second kappa shape index (κ2) is 7.58. The van der Waals surface area contributed by atoms with Gasteiger partial charge in [-0.15, -0.1) is 0 Å². The van der Waals surface area contributed by atoms with Crippen molar-refractivity contribution < 1.29 is 9.53 Å². The van der Waals surface area contributed by atoms with E-state index in [1.807, 2.05) is 13.0 Å². The molecule has 4 rings (SSSR count). The minimum Gasteiger partial charge on any atom is -0.497 e. The Labute approximate surface area is 167 Å². The Morgan fingerprint density at radius 3 is 2.38 bits per heavy atom. The van der Waals surface area contributed by atoms with Gasteiger partial charge in [0.1, 0.15) is 12.3 Å². The third-order valence-electron chi connectivity index (χ3n) is 5.38. The number of carbonyl (C=O) groups is 1. The predicted octanol–water partition coefficient (Wildman–Crippen LogP) is 2.09. The van der Waals surface area contributed by atoms with Crippen LogP contribution >= 0.6 is 0 Å². The standard InChI is InChI=1S/C22H23N3O4/c1-15-5-10-19-18(13-15)21(27)25(16-6-8-17(29-2)9-7-16)22(28)24(19)14-20(26)23-11-3-4-12-23/h5-10,13H,3-4,11-12,14H2,1-2H3. The van der Waals surface area contributed by atoms with Gasteiger partial charge >= 0.3 is 5.69 Å². The molecule has 1 aliphatic heterocycles. The molecule has 1 aliphatic rings. The molecule has 0 radical (unpaired) electrons. The highest BCUT2D eigenvalue weighted by molar-refractivity contribution is 5.82. The fourth-order valence-electron chi connectivity index (χ4n) is 3.80. The number of fused-ring (bicyclic) bond motifs is 1. The average molecular weight is 393 g/mol. The van der Waals surface area contributed by atoms with Crippen LogP contribution in [-0.4, -0.2) is 40.1 Å². The van der Waals surface area contributed by atoms with Gasteiger partial charge in [-0.25, -0.2) is 9.36 Å². The molecule has 2 heterocycles. The zero-order chi connectivity index (χ0) is 20.5. The second-order valence-corrected chi connectivity index (χ2v) is 7.32. The number of aromatic nitrogens is 2. The Hall–Kier alpha value is -3.35. The molecular formula is C22H23N3O4. The van der Waals surface area contributed by atoms with Crippen LogP contribution in [0.5, 0.6) is 5.75 Å². The van der Waals surface area contributed by atoms with Gasteiger partial charge < -0.3 is 9.64 Å². The van der Waals surface area contributed by atoms with Crippen molar-refractivity contribution >= 4 is 16.8 Å². The summed E-state index contributed by atoms with van der Waals surface area (Å²) in [5.74, 6) is 0.523. The fourth-order valence-corrected chi connectivity index (χ4v) is 3.80. The van der Waals surface area contributed by atoms with Crippen LogP contribution in [0, 0.1) is 6.92 Å². The van der Waals surface area contributed by atoms with E-state index >= 15 is 0 Å². The number of nitrogens with zero attached hydrogens (tertiary/aromatic N) is 3. The van der Waals surface area contributed by atoms with Crippen molar-refractivity contribution in [3.8, 4) is 11.4 Å². The molecule has 0 saturated carbocycles. The number of ether oxygens (including phenoxy) is 1. The van der Waals surface area contributed by atoms with Crippen LogP contribution in [-0.2, 0) is 11.3 Å². The summed E-state index contributed by atoms with van der Waals surface area (Å²) in [6.45, 7) is 3.22. The third-order valence-corrected chi connectivity index (χ3v) is 5.38. The van der Waals surface area contributed by atoms with Gasteiger partial charge in [-0.3, -0.25) is 14.2 Å². The van der Waals surface area contributed by atoms with Gasteiger partial charge in [-0.2, -0.15) is 0 Å². The lowest BCUT2D eigenvalue weighted by Gasteiger charge is -2.18. The predicted molar refractivity (Wildman–Crippen MR) is 111 cm³/mol. The van der Waals surface area contributed by atoms with E-state index in [0.29, 0.717) is 35.4 Å². The van der Waals surface area contributed by atoms with E-state index in [2.05, 4.69) is 0 Å². The highest BCUT2D eigenvalue weighted by Crippen LogP contribution is 2.16. The van der Waals surface area contributed by atoms with Gasteiger partial charge in [-0.1, -0.05) is 11.6 Å². The van der Waals surface area contributed by atoms with Crippen molar-refractivity contribution in [2.75, 3.05) is 20.2 Å². The molecule has 0 aliphatic carbocycles. The molecule has 0 unspecified atom stereocenters. The summed E-state index contributed by atoms with van der Waals surface area (Å²) in [6.07, 6.45) is 1.96. The number of carbonyl (C=O) groups excluding carboxylic acids is 1. The molecule has 29 heavy (non-hydrogen) atoms. The van der Waals surface area contributed by atoms with E-state index in [1.165, 1.54) is 4.57 Å². The summed E-state index contributed by atoms with van der Waals surface area (Å²) >= 11 is 0. The smallest absolute Gasteiger partial charge is 0.336 e. The second-order valence-electron chi connectivity index (χ2n) is 7.32. The fraction of sp³-hybridized carbons (Fsp3) is 0.318. The Morgan fingerprint density at radius 1 is 1.03 bits per heavy atom. The topological polar surface area (TPSA) is 73.5 Å². The summed E-state index contributed by atoms with van der Waals surface area (Å²) < 4.78 is 7.69. The SMILES string of the molecule is COc1ccc(-n2c(=O)c3cc(C)ccc3n(CC(=O)N3CCCC3)c2=O)cc1. The van der Waals surface area contributed by atoms with E-state index in [4.69, 9.17) is 4.74 Å². The maximum atomic E-state index is 13.3. The largest absolute Gasteiger partial charge is 0.497 e. The maximum absolute atomic E-state index is 13.3. The number of likely N-dealkylation sites (tertiary alicyclic amines) is 1. The minimum atomic E-state index is -0.524. The van der Waals surface area contributed by atoms with Crippen LogP contribution in [0.1, 0.15) is 18.4 Å². The molecule has 1 aromatic heterocycles. The zero-order valence-electron chi connectivity index (χ0n) is 16.6. The lowest BCUT2D eigenvalue weighted by Crippen LogP contribution is -2.42. The number of aryl methyl sites for hydroxylation is 1. The van der Waals surface area contributed by atoms with Gasteiger partial charge in [-0.05, 0) is 56.2 Å². The number of hydrogen-bond acceptors (Lipinski definition) is 4. The molecule has 0 spiro atoms. The number of hydrogen-bond donors (Lipinski definition) is 0. The maximum Gasteiger partial charge on any atom is 0.336 e. The van der Waals surface area contributed by atoms with Crippen molar-refractivity contribution in [2.45, 2.75) is 26.3 Å². The van der Waals surface area contributed by atoms with Gasteiger partial charge in [0, 0.05) is 13.1 Å². The number of rotatable bonds is 4. The molecule has 1 fully saturated rings. The van der Waals surface area contributed by atoms with Crippen LogP contribution in [0.3, 0.4) is 0 Å². The molecule has 150 valence electrons. The monoisotopic (exact) mass is 393 g/mol. The first kappa shape index (κ1) is 19.0. The number of benzene rings is 2. The van der Waals surface area contributed by atoms with Crippen LogP contribution in [0.2, 0.25) is 0 Å². The summed E-state index contributed by atoms with van der Waals surface area (Å²) in [4.78, 5) is 41.0. The molecule has 3 aromatic rings. The van der Waals surface area contributed by atoms with Crippen LogP contribution < -0.4 is 16.0 Å². The Balaban J connectivity index is 1.92. The summed E-state index contributed by atoms with van der Waals surface area (Å²) in [5, 5.41) is 0.412. The van der Waals surface area contributed by atoms with Gasteiger partial charge in [0.2, 0.25) is 5.91 Å². The van der Waals surface area contributed by atoms with E-state index < -0.39 is 11.2 Å². The van der Waals surface area contributed by atoms with E-state index in [0.717, 1.165) is 23.0 Å². The number of amides is 1. The van der Waals surface area contributed by atoms with E-state index in [1.54, 1.807) is 48.4 Å². The molecule has 0 atom stereocenters. The summed E-state index contributed by atoms with van der Waals surface area (Å²) in [7, 11) is 1.55. The van der Waals surface area contributed by atoms with Crippen LogP contribution in [0.25, 0.3) is 16.6 Å². The lowest BCUT2D eigenvalue weighted by molar-refractivity contribution is -0.130. The van der Waals surface area contributed by atoms with Gasteiger partial charge in [0.25, 0.3) is 5.56 Å². The Bertz CT molecular complexity index is 1190. The third kappa shape index (κ3) is 3.44. The van der Waals surface area contributed by atoms with E-state index in [-0.39, 0.29) is 12.5 Å². The van der Waals surface area contributed by atoms with Crippen molar-refractivity contribution in [1.29, 1.82) is 0 Å². The first-order chi connectivity index (χ1) is 14.0. The average Bonchev–Trinajstić information content (AvgIpc) is 3.27.